The first-order valence-electron chi connectivity index (χ1n) is 8.58. The second-order valence-electron chi connectivity index (χ2n) is 7.19. The van der Waals surface area contributed by atoms with Crippen molar-refractivity contribution in [2.24, 2.45) is 23.7 Å². The third-order valence-corrected chi connectivity index (χ3v) is 4.82. The first kappa shape index (κ1) is 18.8. The fourth-order valence-electron chi connectivity index (χ4n) is 3.20. The number of carbonyl (C=O) groups is 2. The average molecular weight is 311 g/mol. The van der Waals surface area contributed by atoms with Gasteiger partial charge in [0.15, 0.2) is 0 Å². The van der Waals surface area contributed by atoms with Crippen LogP contribution < -0.4 is 10.6 Å². The number of nitrogens with one attached hydrogen (secondary N) is 2. The minimum atomic E-state index is -0.0692. The summed E-state index contributed by atoms with van der Waals surface area (Å²) >= 11 is 0. The van der Waals surface area contributed by atoms with Crippen LogP contribution in [0.5, 0.6) is 0 Å². The summed E-state index contributed by atoms with van der Waals surface area (Å²) < 4.78 is 0. The zero-order valence-electron chi connectivity index (χ0n) is 14.8. The summed E-state index contributed by atoms with van der Waals surface area (Å²) in [5.41, 5.74) is 0. The molecule has 1 rings (SSSR count). The Labute approximate surface area is 135 Å². The molecular formula is C17H33N3O2. The van der Waals surface area contributed by atoms with E-state index in [4.69, 9.17) is 0 Å². The number of urea groups is 1. The van der Waals surface area contributed by atoms with E-state index < -0.39 is 0 Å². The summed E-state index contributed by atoms with van der Waals surface area (Å²) in [7, 11) is 0. The van der Waals surface area contributed by atoms with Crippen LogP contribution in [0.2, 0.25) is 0 Å². The Kier molecular flexibility index (Phi) is 7.69. The molecule has 0 spiro atoms. The van der Waals surface area contributed by atoms with Crippen LogP contribution >= 0.6 is 0 Å². The summed E-state index contributed by atoms with van der Waals surface area (Å²) in [6.07, 6.45) is 1.95. The molecule has 22 heavy (non-hydrogen) atoms. The van der Waals surface area contributed by atoms with E-state index in [1.807, 2.05) is 4.90 Å². The van der Waals surface area contributed by atoms with Gasteiger partial charge in [0.2, 0.25) is 5.91 Å². The summed E-state index contributed by atoms with van der Waals surface area (Å²) in [6.45, 7) is 13.5. The third-order valence-electron chi connectivity index (χ3n) is 4.82. The molecule has 1 saturated heterocycles. The Morgan fingerprint density at radius 1 is 1.05 bits per heavy atom. The number of amides is 3. The molecule has 0 aromatic rings. The number of rotatable bonds is 6. The monoisotopic (exact) mass is 311 g/mol. The van der Waals surface area contributed by atoms with Crippen LogP contribution in [-0.2, 0) is 4.79 Å². The van der Waals surface area contributed by atoms with Gasteiger partial charge in [0.05, 0.1) is 0 Å². The molecule has 5 heteroatoms. The molecule has 0 radical (unpaired) electrons. The van der Waals surface area contributed by atoms with Crippen molar-refractivity contribution >= 4 is 11.9 Å². The SMILES string of the molecule is CC(=O)N1CCC(CNC(=O)NCC(C(C)C)C(C)C)CC1. The van der Waals surface area contributed by atoms with Crippen molar-refractivity contribution in [1.82, 2.24) is 15.5 Å². The highest BCUT2D eigenvalue weighted by Crippen LogP contribution is 2.19. The number of piperidine rings is 1. The Morgan fingerprint density at radius 3 is 2.05 bits per heavy atom. The predicted octanol–water partition coefficient (Wildman–Crippen LogP) is 2.47. The van der Waals surface area contributed by atoms with Gasteiger partial charge in [-0.25, -0.2) is 4.79 Å². The van der Waals surface area contributed by atoms with Crippen molar-refractivity contribution in [3.05, 3.63) is 0 Å². The molecule has 1 heterocycles. The zero-order chi connectivity index (χ0) is 16.7. The zero-order valence-corrected chi connectivity index (χ0v) is 14.8. The summed E-state index contributed by atoms with van der Waals surface area (Å²) in [4.78, 5) is 25.1. The molecule has 0 bridgehead atoms. The van der Waals surface area contributed by atoms with Crippen molar-refractivity contribution in [2.75, 3.05) is 26.2 Å². The number of carbonyl (C=O) groups excluding carboxylic acids is 2. The van der Waals surface area contributed by atoms with Gasteiger partial charge in [-0.2, -0.15) is 0 Å². The molecule has 1 aliphatic rings. The van der Waals surface area contributed by atoms with Crippen molar-refractivity contribution < 1.29 is 9.59 Å². The van der Waals surface area contributed by atoms with Gasteiger partial charge in [-0.1, -0.05) is 27.7 Å². The molecule has 0 saturated carbocycles. The molecule has 2 N–H and O–H groups in total. The van der Waals surface area contributed by atoms with Gasteiger partial charge >= 0.3 is 6.03 Å². The maximum atomic E-state index is 11.9. The lowest BCUT2D eigenvalue weighted by Gasteiger charge is -2.31. The van der Waals surface area contributed by atoms with Crippen LogP contribution in [0.1, 0.15) is 47.5 Å². The molecule has 5 nitrogen and oxygen atoms in total. The molecule has 0 atom stereocenters. The molecule has 0 aromatic carbocycles. The van der Waals surface area contributed by atoms with Crippen LogP contribution in [0.3, 0.4) is 0 Å². The molecule has 0 unspecified atom stereocenters. The van der Waals surface area contributed by atoms with Gasteiger partial charge in [-0.3, -0.25) is 4.79 Å². The number of nitrogens with zero attached hydrogens (tertiary/aromatic N) is 1. The van der Waals surface area contributed by atoms with Crippen LogP contribution in [-0.4, -0.2) is 43.0 Å². The fourth-order valence-corrected chi connectivity index (χ4v) is 3.20. The third kappa shape index (κ3) is 6.24. The van der Waals surface area contributed by atoms with Crippen LogP contribution in [0.15, 0.2) is 0 Å². The van der Waals surface area contributed by atoms with Gasteiger partial charge in [-0.15, -0.1) is 0 Å². The highest BCUT2D eigenvalue weighted by Gasteiger charge is 2.21. The Hall–Kier alpha value is -1.26. The van der Waals surface area contributed by atoms with Gasteiger partial charge < -0.3 is 15.5 Å². The van der Waals surface area contributed by atoms with Gasteiger partial charge in [0, 0.05) is 33.1 Å². The smallest absolute Gasteiger partial charge is 0.314 e. The lowest BCUT2D eigenvalue weighted by Crippen LogP contribution is -2.44. The highest BCUT2D eigenvalue weighted by molar-refractivity contribution is 5.74. The second kappa shape index (κ2) is 9.01. The van der Waals surface area contributed by atoms with Gasteiger partial charge in [0.1, 0.15) is 0 Å². The topological polar surface area (TPSA) is 61.4 Å². The number of hydrogen-bond acceptors (Lipinski definition) is 2. The van der Waals surface area contributed by atoms with E-state index in [9.17, 15) is 9.59 Å². The fraction of sp³-hybridized carbons (Fsp3) is 0.882. The minimum Gasteiger partial charge on any atom is -0.343 e. The predicted molar refractivity (Wildman–Crippen MR) is 89.5 cm³/mol. The number of hydrogen-bond donors (Lipinski definition) is 2. The van der Waals surface area contributed by atoms with Crippen LogP contribution in [0.25, 0.3) is 0 Å². The van der Waals surface area contributed by atoms with Crippen molar-refractivity contribution in [2.45, 2.75) is 47.5 Å². The molecule has 0 aliphatic carbocycles. The van der Waals surface area contributed by atoms with E-state index in [-0.39, 0.29) is 11.9 Å². The lowest BCUT2D eigenvalue weighted by molar-refractivity contribution is -0.130. The van der Waals surface area contributed by atoms with Crippen LogP contribution in [0, 0.1) is 23.7 Å². The normalized spacial score (nSPS) is 16.5. The van der Waals surface area contributed by atoms with E-state index >= 15 is 0 Å². The number of likely N-dealkylation sites (tertiary alicyclic amines) is 1. The lowest BCUT2D eigenvalue weighted by atomic mass is 9.85. The average Bonchev–Trinajstić information content (AvgIpc) is 2.45. The molecule has 128 valence electrons. The van der Waals surface area contributed by atoms with E-state index in [0.717, 1.165) is 32.5 Å². The van der Waals surface area contributed by atoms with Crippen LogP contribution in [0.4, 0.5) is 4.79 Å². The Balaban J connectivity index is 2.22. The first-order valence-corrected chi connectivity index (χ1v) is 8.58. The molecule has 3 amide bonds. The summed E-state index contributed by atoms with van der Waals surface area (Å²) in [5.74, 6) is 2.27. The molecule has 1 fully saturated rings. The standard InChI is InChI=1S/C17H33N3O2/c1-12(2)16(13(3)4)11-19-17(22)18-10-15-6-8-20(9-7-15)14(5)21/h12-13,15-16H,6-11H2,1-5H3,(H2,18,19,22). The first-order chi connectivity index (χ1) is 10.3. The van der Waals surface area contributed by atoms with E-state index in [2.05, 4.69) is 38.3 Å². The second-order valence-corrected chi connectivity index (χ2v) is 7.19. The summed E-state index contributed by atoms with van der Waals surface area (Å²) in [6, 6.07) is -0.0692. The van der Waals surface area contributed by atoms with Crippen molar-refractivity contribution in [3.8, 4) is 0 Å². The van der Waals surface area contributed by atoms with E-state index in [1.165, 1.54) is 0 Å². The molecule has 0 aromatic heterocycles. The Bertz CT molecular complexity index is 353. The maximum absolute atomic E-state index is 11.9. The largest absolute Gasteiger partial charge is 0.343 e. The highest BCUT2D eigenvalue weighted by atomic mass is 16.2. The van der Waals surface area contributed by atoms with Crippen molar-refractivity contribution in [1.29, 1.82) is 0 Å². The quantitative estimate of drug-likeness (QED) is 0.791. The van der Waals surface area contributed by atoms with Gasteiger partial charge in [0.25, 0.3) is 0 Å². The Morgan fingerprint density at radius 2 is 1.59 bits per heavy atom. The summed E-state index contributed by atoms with van der Waals surface area (Å²) in [5, 5.41) is 5.97. The van der Waals surface area contributed by atoms with E-state index in [1.54, 1.807) is 6.92 Å². The maximum Gasteiger partial charge on any atom is 0.314 e. The van der Waals surface area contributed by atoms with Crippen molar-refractivity contribution in [3.63, 3.8) is 0 Å². The minimum absolute atomic E-state index is 0.0692. The molecule has 1 aliphatic heterocycles. The van der Waals surface area contributed by atoms with Gasteiger partial charge in [-0.05, 0) is 36.5 Å². The van der Waals surface area contributed by atoms with E-state index in [0.29, 0.717) is 30.2 Å². The molecular weight excluding hydrogens is 278 g/mol.